The first-order valence-electron chi connectivity index (χ1n) is 6.83. The van der Waals surface area contributed by atoms with Gasteiger partial charge >= 0.3 is 0 Å². The lowest BCUT2D eigenvalue weighted by atomic mass is 9.95. The van der Waals surface area contributed by atoms with Gasteiger partial charge in [0.05, 0.1) is 0 Å². The molecule has 0 nitrogen and oxygen atoms in total. The van der Waals surface area contributed by atoms with Gasteiger partial charge in [0.2, 0.25) is 0 Å². The Balaban J connectivity index is 1.96. The van der Waals surface area contributed by atoms with Crippen LogP contribution >= 0.6 is 11.3 Å². The Morgan fingerprint density at radius 2 is 1.35 bits per heavy atom. The van der Waals surface area contributed by atoms with E-state index in [0.29, 0.717) is 0 Å². The van der Waals surface area contributed by atoms with E-state index < -0.39 is 0 Å². The molecule has 20 heavy (non-hydrogen) atoms. The number of allylic oxidation sites excluding steroid dienone is 1. The Labute approximate surface area is 123 Å². The van der Waals surface area contributed by atoms with Crippen molar-refractivity contribution in [3.8, 4) is 0 Å². The number of fused-ring (bicyclic) bond motifs is 1. The third-order valence-electron chi connectivity index (χ3n) is 3.87. The van der Waals surface area contributed by atoms with Crippen LogP contribution in [0.2, 0.25) is 0 Å². The molecule has 0 atom stereocenters. The van der Waals surface area contributed by atoms with Gasteiger partial charge in [-0.2, -0.15) is 11.3 Å². The minimum atomic E-state index is 1.05. The minimum absolute atomic E-state index is 1.05. The molecule has 0 spiro atoms. The summed E-state index contributed by atoms with van der Waals surface area (Å²) in [6.07, 6.45) is 1.05. The molecule has 0 saturated carbocycles. The number of rotatable bonds is 2. The molecule has 0 radical (unpaired) electrons. The summed E-state index contributed by atoms with van der Waals surface area (Å²) in [5.74, 6) is 0. The van der Waals surface area contributed by atoms with Crippen LogP contribution in [-0.4, -0.2) is 0 Å². The summed E-state index contributed by atoms with van der Waals surface area (Å²) in [6, 6.07) is 21.5. The summed E-state index contributed by atoms with van der Waals surface area (Å²) in [7, 11) is 0. The van der Waals surface area contributed by atoms with Crippen molar-refractivity contribution < 1.29 is 0 Å². The van der Waals surface area contributed by atoms with Crippen LogP contribution in [0.25, 0.3) is 11.1 Å². The van der Waals surface area contributed by atoms with Crippen molar-refractivity contribution in [3.63, 3.8) is 0 Å². The van der Waals surface area contributed by atoms with Crippen molar-refractivity contribution in [2.45, 2.75) is 6.42 Å². The van der Waals surface area contributed by atoms with Gasteiger partial charge in [0.1, 0.15) is 0 Å². The fourth-order valence-electron chi connectivity index (χ4n) is 2.94. The molecule has 0 unspecified atom stereocenters. The Bertz CT molecular complexity index is 764. The fourth-order valence-corrected chi connectivity index (χ4v) is 3.79. The van der Waals surface area contributed by atoms with E-state index in [1.807, 2.05) is 0 Å². The van der Waals surface area contributed by atoms with Gasteiger partial charge in [0.25, 0.3) is 0 Å². The van der Waals surface area contributed by atoms with E-state index in [0.717, 1.165) is 6.42 Å². The van der Waals surface area contributed by atoms with Crippen molar-refractivity contribution in [1.29, 1.82) is 0 Å². The quantitative estimate of drug-likeness (QED) is 0.597. The second-order valence-corrected chi connectivity index (χ2v) is 5.82. The summed E-state index contributed by atoms with van der Waals surface area (Å²) in [5, 5.41) is 4.57. The minimum Gasteiger partial charge on any atom is -0.151 e. The Kier molecular flexibility index (Phi) is 2.79. The monoisotopic (exact) mass is 274 g/mol. The van der Waals surface area contributed by atoms with E-state index in [1.165, 1.54) is 33.4 Å². The molecule has 96 valence electrons. The molecule has 0 amide bonds. The maximum atomic E-state index is 2.29. The third-order valence-corrected chi connectivity index (χ3v) is 4.66. The van der Waals surface area contributed by atoms with Gasteiger partial charge in [-0.05, 0) is 44.2 Å². The predicted octanol–water partition coefficient (Wildman–Crippen LogP) is 5.26. The molecule has 0 bridgehead atoms. The van der Waals surface area contributed by atoms with E-state index in [4.69, 9.17) is 0 Å². The molecule has 0 aliphatic heterocycles. The largest absolute Gasteiger partial charge is 0.151 e. The Morgan fingerprint density at radius 3 is 2.05 bits per heavy atom. The maximum Gasteiger partial charge on any atom is 0.0000986 e. The highest BCUT2D eigenvalue weighted by Gasteiger charge is 2.24. The van der Waals surface area contributed by atoms with Crippen LogP contribution in [0.15, 0.2) is 71.4 Å². The second kappa shape index (κ2) is 4.77. The molecule has 1 aliphatic rings. The molecule has 0 fully saturated rings. The predicted molar refractivity (Wildman–Crippen MR) is 86.8 cm³/mol. The standard InChI is InChI=1S/C19H14S/c1-3-7-14(8-4-1)17-11-16-12-20-13-18(16)19(17)15-9-5-2-6-10-15/h1-10,12-13H,11H2. The lowest BCUT2D eigenvalue weighted by molar-refractivity contribution is 1.35. The van der Waals surface area contributed by atoms with Crippen molar-refractivity contribution in [2.24, 2.45) is 0 Å². The summed E-state index contributed by atoms with van der Waals surface area (Å²) < 4.78 is 0. The molecule has 4 rings (SSSR count). The molecule has 1 heteroatoms. The van der Waals surface area contributed by atoms with E-state index in [-0.39, 0.29) is 0 Å². The zero-order valence-electron chi connectivity index (χ0n) is 11.0. The summed E-state index contributed by atoms with van der Waals surface area (Å²) in [6.45, 7) is 0. The van der Waals surface area contributed by atoms with Crippen LogP contribution in [-0.2, 0) is 6.42 Å². The van der Waals surface area contributed by atoms with Gasteiger partial charge in [-0.1, -0.05) is 60.7 Å². The van der Waals surface area contributed by atoms with Crippen LogP contribution in [0.4, 0.5) is 0 Å². The average Bonchev–Trinajstić information content (AvgIpc) is 3.09. The molecule has 0 N–H and O–H groups in total. The van der Waals surface area contributed by atoms with E-state index in [2.05, 4.69) is 71.4 Å². The zero-order valence-corrected chi connectivity index (χ0v) is 11.9. The second-order valence-electron chi connectivity index (χ2n) is 5.07. The van der Waals surface area contributed by atoms with Gasteiger partial charge in [-0.25, -0.2) is 0 Å². The van der Waals surface area contributed by atoms with E-state index >= 15 is 0 Å². The molecular weight excluding hydrogens is 260 g/mol. The molecule has 0 saturated heterocycles. The van der Waals surface area contributed by atoms with Crippen LogP contribution in [0.1, 0.15) is 22.3 Å². The summed E-state index contributed by atoms with van der Waals surface area (Å²) in [5.41, 5.74) is 8.41. The van der Waals surface area contributed by atoms with Gasteiger partial charge in [-0.3, -0.25) is 0 Å². The van der Waals surface area contributed by atoms with E-state index in [9.17, 15) is 0 Å². The normalized spacial score (nSPS) is 13.6. The molecule has 1 aromatic heterocycles. The van der Waals surface area contributed by atoms with Gasteiger partial charge in [-0.15, -0.1) is 0 Å². The van der Waals surface area contributed by atoms with Crippen LogP contribution in [0.5, 0.6) is 0 Å². The lowest BCUT2D eigenvalue weighted by Gasteiger charge is -2.09. The number of hydrogen-bond acceptors (Lipinski definition) is 1. The highest BCUT2D eigenvalue weighted by Crippen LogP contribution is 2.43. The van der Waals surface area contributed by atoms with Gasteiger partial charge < -0.3 is 0 Å². The summed E-state index contributed by atoms with van der Waals surface area (Å²) in [4.78, 5) is 0. The highest BCUT2D eigenvalue weighted by molar-refractivity contribution is 7.08. The Hall–Kier alpha value is -2.12. The van der Waals surface area contributed by atoms with Crippen LogP contribution < -0.4 is 0 Å². The highest BCUT2D eigenvalue weighted by atomic mass is 32.1. The molecule has 1 aliphatic carbocycles. The smallest absolute Gasteiger partial charge is 0.0000986 e. The number of thiophene rings is 1. The van der Waals surface area contributed by atoms with Crippen molar-refractivity contribution >= 4 is 22.5 Å². The van der Waals surface area contributed by atoms with Gasteiger partial charge in [0, 0.05) is 6.42 Å². The fraction of sp³-hybridized carbons (Fsp3) is 0.0526. The molecule has 3 aromatic rings. The molecule has 1 heterocycles. The van der Waals surface area contributed by atoms with Crippen LogP contribution in [0, 0.1) is 0 Å². The zero-order chi connectivity index (χ0) is 13.4. The maximum absolute atomic E-state index is 2.29. The van der Waals surface area contributed by atoms with Crippen molar-refractivity contribution in [3.05, 3.63) is 93.7 Å². The Morgan fingerprint density at radius 1 is 0.700 bits per heavy atom. The number of hydrogen-bond donors (Lipinski definition) is 0. The van der Waals surface area contributed by atoms with E-state index in [1.54, 1.807) is 11.3 Å². The van der Waals surface area contributed by atoms with Crippen LogP contribution in [0.3, 0.4) is 0 Å². The first-order valence-corrected chi connectivity index (χ1v) is 7.77. The number of benzene rings is 2. The average molecular weight is 274 g/mol. The first kappa shape index (κ1) is 11.7. The molecular formula is C19H14S. The van der Waals surface area contributed by atoms with Gasteiger partial charge in [0.15, 0.2) is 0 Å². The third kappa shape index (κ3) is 1.83. The van der Waals surface area contributed by atoms with Crippen molar-refractivity contribution in [1.82, 2.24) is 0 Å². The summed E-state index contributed by atoms with van der Waals surface area (Å²) >= 11 is 1.80. The SMILES string of the molecule is c1ccc(C2=C(c3ccccc3)c3cscc3C2)cc1. The first-order chi connectivity index (χ1) is 9.93. The van der Waals surface area contributed by atoms with Crippen molar-refractivity contribution in [2.75, 3.05) is 0 Å². The topological polar surface area (TPSA) is 0 Å². The molecule has 2 aromatic carbocycles. The lowest BCUT2D eigenvalue weighted by Crippen LogP contribution is -1.88.